The molecule has 1 N–H and O–H groups in total. The van der Waals surface area contributed by atoms with Gasteiger partial charge in [-0.1, -0.05) is 72.6 Å². The molecule has 0 aliphatic rings. The molecule has 38 heavy (non-hydrogen) atoms. The van der Waals surface area contributed by atoms with Gasteiger partial charge in [-0.15, -0.1) is 0 Å². The summed E-state index contributed by atoms with van der Waals surface area (Å²) in [6.45, 7) is 7.48. The van der Waals surface area contributed by atoms with Crippen molar-refractivity contribution in [3.05, 3.63) is 94.5 Å². The minimum Gasteiger partial charge on any atom is -0.355 e. The Morgan fingerprint density at radius 3 is 2.26 bits per heavy atom. The van der Waals surface area contributed by atoms with Crippen molar-refractivity contribution in [1.29, 1.82) is 0 Å². The average molecular weight is 556 g/mol. The molecule has 0 saturated carbocycles. The van der Waals surface area contributed by atoms with Gasteiger partial charge in [-0.3, -0.25) is 13.9 Å². The molecule has 0 fully saturated rings. The van der Waals surface area contributed by atoms with Gasteiger partial charge in [0.2, 0.25) is 11.8 Å². The molecular weight excluding hydrogens is 522 g/mol. The van der Waals surface area contributed by atoms with E-state index in [1.807, 2.05) is 52.0 Å². The number of anilines is 1. The van der Waals surface area contributed by atoms with Gasteiger partial charge < -0.3 is 10.2 Å². The highest BCUT2D eigenvalue weighted by atomic mass is 35.5. The molecule has 3 rings (SSSR count). The number of hydrogen-bond donors (Lipinski definition) is 1. The SMILES string of the molecule is CCNC(=O)[C@@H](CC)N(Cc1cccc(C)c1)C(=O)CN(c1ccc(C)c(Cl)c1)S(=O)(=O)c1ccccc1. The summed E-state index contributed by atoms with van der Waals surface area (Å²) in [4.78, 5) is 28.4. The molecule has 0 saturated heterocycles. The van der Waals surface area contributed by atoms with Crippen molar-refractivity contribution in [1.82, 2.24) is 10.2 Å². The minimum absolute atomic E-state index is 0.0468. The lowest BCUT2D eigenvalue weighted by molar-refractivity contribution is -0.140. The minimum atomic E-state index is -4.13. The van der Waals surface area contributed by atoms with Crippen molar-refractivity contribution in [2.24, 2.45) is 0 Å². The molecule has 9 heteroatoms. The Labute approximate surface area is 230 Å². The lowest BCUT2D eigenvalue weighted by atomic mass is 10.1. The van der Waals surface area contributed by atoms with Crippen molar-refractivity contribution in [3.63, 3.8) is 0 Å². The molecule has 0 aromatic heterocycles. The Bertz CT molecular complexity index is 1380. The number of sulfonamides is 1. The van der Waals surface area contributed by atoms with Crippen LogP contribution in [0.25, 0.3) is 0 Å². The molecule has 0 aliphatic carbocycles. The second-order valence-corrected chi connectivity index (χ2v) is 11.4. The fraction of sp³-hybridized carbons (Fsp3) is 0.310. The van der Waals surface area contributed by atoms with E-state index in [9.17, 15) is 18.0 Å². The van der Waals surface area contributed by atoms with Crippen LogP contribution in [0.15, 0.2) is 77.7 Å². The number of carbonyl (C=O) groups excluding carboxylic acids is 2. The quantitative estimate of drug-likeness (QED) is 0.357. The predicted octanol–water partition coefficient (Wildman–Crippen LogP) is 5.10. The Hall–Kier alpha value is -3.36. The van der Waals surface area contributed by atoms with E-state index in [1.165, 1.54) is 23.1 Å². The lowest BCUT2D eigenvalue weighted by Crippen LogP contribution is -2.52. The van der Waals surface area contributed by atoms with Crippen LogP contribution in [-0.4, -0.2) is 44.3 Å². The van der Waals surface area contributed by atoms with Gasteiger partial charge in [0.15, 0.2) is 0 Å². The number of rotatable bonds is 11. The molecule has 0 bridgehead atoms. The van der Waals surface area contributed by atoms with Crippen LogP contribution in [0.2, 0.25) is 5.02 Å². The smallest absolute Gasteiger partial charge is 0.264 e. The first-order valence-corrected chi connectivity index (χ1v) is 14.4. The highest BCUT2D eigenvalue weighted by molar-refractivity contribution is 7.92. The van der Waals surface area contributed by atoms with Crippen LogP contribution in [0.3, 0.4) is 0 Å². The lowest BCUT2D eigenvalue weighted by Gasteiger charge is -2.33. The van der Waals surface area contributed by atoms with E-state index in [4.69, 9.17) is 11.6 Å². The maximum Gasteiger partial charge on any atom is 0.264 e. The first-order valence-electron chi connectivity index (χ1n) is 12.5. The average Bonchev–Trinajstić information content (AvgIpc) is 2.89. The molecule has 3 aromatic carbocycles. The third kappa shape index (κ3) is 6.94. The van der Waals surface area contributed by atoms with E-state index >= 15 is 0 Å². The summed E-state index contributed by atoms with van der Waals surface area (Å²) in [5, 5.41) is 3.18. The first-order chi connectivity index (χ1) is 18.1. The molecule has 0 unspecified atom stereocenters. The van der Waals surface area contributed by atoms with E-state index in [1.54, 1.807) is 30.3 Å². The van der Waals surface area contributed by atoms with Gasteiger partial charge in [0.1, 0.15) is 12.6 Å². The zero-order valence-corrected chi connectivity index (χ0v) is 23.7. The Balaban J connectivity index is 2.07. The normalized spacial score (nSPS) is 12.0. The fourth-order valence-electron chi connectivity index (χ4n) is 4.20. The largest absolute Gasteiger partial charge is 0.355 e. The van der Waals surface area contributed by atoms with Crippen LogP contribution < -0.4 is 9.62 Å². The summed E-state index contributed by atoms with van der Waals surface area (Å²) >= 11 is 6.35. The highest BCUT2D eigenvalue weighted by Crippen LogP contribution is 2.28. The number of carbonyl (C=O) groups is 2. The van der Waals surface area contributed by atoms with E-state index in [0.29, 0.717) is 18.0 Å². The van der Waals surface area contributed by atoms with Crippen molar-refractivity contribution in [3.8, 4) is 0 Å². The van der Waals surface area contributed by atoms with Crippen LogP contribution in [-0.2, 0) is 26.2 Å². The van der Waals surface area contributed by atoms with Gasteiger partial charge >= 0.3 is 0 Å². The molecule has 0 heterocycles. The Morgan fingerprint density at radius 2 is 1.66 bits per heavy atom. The van der Waals surface area contributed by atoms with Crippen LogP contribution in [0.5, 0.6) is 0 Å². The third-order valence-corrected chi connectivity index (χ3v) is 8.42. The number of hydrogen-bond acceptors (Lipinski definition) is 4. The maximum absolute atomic E-state index is 14.0. The van der Waals surface area contributed by atoms with Gasteiger partial charge in [0.05, 0.1) is 10.6 Å². The van der Waals surface area contributed by atoms with Gasteiger partial charge in [-0.25, -0.2) is 8.42 Å². The number of amides is 2. The zero-order valence-electron chi connectivity index (χ0n) is 22.1. The molecule has 0 radical (unpaired) electrons. The Morgan fingerprint density at radius 1 is 0.947 bits per heavy atom. The maximum atomic E-state index is 14.0. The van der Waals surface area contributed by atoms with Crippen LogP contribution >= 0.6 is 11.6 Å². The molecule has 2 amide bonds. The van der Waals surface area contributed by atoms with Gasteiger partial charge in [0, 0.05) is 18.1 Å². The molecule has 7 nitrogen and oxygen atoms in total. The number of nitrogens with one attached hydrogen (secondary N) is 1. The number of likely N-dealkylation sites (N-methyl/N-ethyl adjacent to an activating group) is 1. The van der Waals surface area contributed by atoms with Crippen LogP contribution in [0, 0.1) is 13.8 Å². The van der Waals surface area contributed by atoms with Crippen LogP contribution in [0.1, 0.15) is 37.0 Å². The van der Waals surface area contributed by atoms with E-state index < -0.39 is 28.5 Å². The fourth-order valence-corrected chi connectivity index (χ4v) is 5.81. The van der Waals surface area contributed by atoms with Crippen molar-refractivity contribution in [2.75, 3.05) is 17.4 Å². The monoisotopic (exact) mass is 555 g/mol. The molecule has 0 aliphatic heterocycles. The molecule has 3 aromatic rings. The van der Waals surface area contributed by atoms with Crippen molar-refractivity contribution < 1.29 is 18.0 Å². The molecular formula is C29H34ClN3O4S. The molecule has 0 spiro atoms. The van der Waals surface area contributed by atoms with Crippen molar-refractivity contribution >= 4 is 39.1 Å². The predicted molar refractivity (Wildman–Crippen MR) is 152 cm³/mol. The van der Waals surface area contributed by atoms with Gasteiger partial charge in [-0.05, 0) is 62.6 Å². The second kappa shape index (κ2) is 12.9. The van der Waals surface area contributed by atoms with E-state index in [0.717, 1.165) is 21.0 Å². The molecule has 1 atom stereocenters. The number of aryl methyl sites for hydroxylation is 2. The number of halogens is 1. The van der Waals surface area contributed by atoms with Gasteiger partial charge in [-0.2, -0.15) is 0 Å². The number of nitrogens with zero attached hydrogens (tertiary/aromatic N) is 2. The first kappa shape index (κ1) is 29.2. The summed E-state index contributed by atoms with van der Waals surface area (Å²) in [7, 11) is -4.13. The zero-order chi connectivity index (χ0) is 27.9. The van der Waals surface area contributed by atoms with E-state index in [2.05, 4.69) is 5.32 Å². The second-order valence-electron chi connectivity index (χ2n) is 9.09. The standard InChI is InChI=1S/C29H34ClN3O4S/c1-5-27(29(35)31-6-2)32(19-23-12-10-11-21(3)17-23)28(34)20-33(24-16-15-22(4)26(30)18-24)38(36,37)25-13-8-7-9-14-25/h7-18,27H,5-6,19-20H2,1-4H3,(H,31,35)/t27-/m1/s1. The van der Waals surface area contributed by atoms with Crippen LogP contribution in [0.4, 0.5) is 5.69 Å². The summed E-state index contributed by atoms with van der Waals surface area (Å²) in [5.41, 5.74) is 2.90. The molecule has 202 valence electrons. The highest BCUT2D eigenvalue weighted by Gasteiger charge is 2.33. The summed E-state index contributed by atoms with van der Waals surface area (Å²) in [5.74, 6) is -0.785. The summed E-state index contributed by atoms with van der Waals surface area (Å²) in [6.07, 6.45) is 0.366. The summed E-state index contributed by atoms with van der Waals surface area (Å²) in [6, 6.07) is 19.7. The van der Waals surface area contributed by atoms with Crippen molar-refractivity contribution in [2.45, 2.75) is 51.6 Å². The topological polar surface area (TPSA) is 86.8 Å². The van der Waals surface area contributed by atoms with E-state index in [-0.39, 0.29) is 23.0 Å². The summed E-state index contributed by atoms with van der Waals surface area (Å²) < 4.78 is 28.7. The third-order valence-electron chi connectivity index (χ3n) is 6.23. The Kier molecular flexibility index (Phi) is 9.94. The number of benzene rings is 3. The van der Waals surface area contributed by atoms with Gasteiger partial charge in [0.25, 0.3) is 10.0 Å².